The van der Waals surface area contributed by atoms with Gasteiger partial charge in [-0.15, -0.1) is 0 Å². The maximum Gasteiger partial charge on any atom is 0.225 e. The Morgan fingerprint density at radius 2 is 2.06 bits per heavy atom. The molecule has 2 rings (SSSR count). The molecule has 0 saturated carbocycles. The number of likely N-dealkylation sites (N-methyl/N-ethyl adjacent to an activating group) is 1. The van der Waals surface area contributed by atoms with Gasteiger partial charge in [-0.25, -0.2) is 9.97 Å². The molecule has 0 spiro atoms. The average molecular weight is 235 g/mol. The van der Waals surface area contributed by atoms with Crippen molar-refractivity contribution in [3.8, 4) is 0 Å². The van der Waals surface area contributed by atoms with Crippen LogP contribution in [0, 0.1) is 0 Å². The molecule has 1 fully saturated rings. The van der Waals surface area contributed by atoms with Crippen LogP contribution >= 0.6 is 0 Å². The molecule has 5 nitrogen and oxygen atoms in total. The summed E-state index contributed by atoms with van der Waals surface area (Å²) in [5.74, 6) is 0.844. The summed E-state index contributed by atoms with van der Waals surface area (Å²) in [6, 6.07) is 2.09. The molecule has 1 aliphatic rings. The van der Waals surface area contributed by atoms with E-state index in [1.807, 2.05) is 19.2 Å². The summed E-state index contributed by atoms with van der Waals surface area (Å²) in [6.45, 7) is 6.13. The highest BCUT2D eigenvalue weighted by Gasteiger charge is 2.16. The van der Waals surface area contributed by atoms with Gasteiger partial charge in [-0.2, -0.15) is 0 Å². The molecule has 0 aliphatic carbocycles. The molecule has 1 atom stereocenters. The quantitative estimate of drug-likeness (QED) is 0.806. The lowest BCUT2D eigenvalue weighted by Crippen LogP contribution is -2.45. The van der Waals surface area contributed by atoms with Gasteiger partial charge in [0.2, 0.25) is 5.95 Å². The van der Waals surface area contributed by atoms with E-state index in [1.165, 1.54) is 0 Å². The Morgan fingerprint density at radius 1 is 1.35 bits per heavy atom. The summed E-state index contributed by atoms with van der Waals surface area (Å²) in [4.78, 5) is 13.5. The Bertz CT molecular complexity index is 358. The van der Waals surface area contributed by atoms with E-state index in [1.54, 1.807) is 0 Å². The molecule has 2 heterocycles. The third kappa shape index (κ3) is 3.38. The van der Waals surface area contributed by atoms with Gasteiger partial charge in [0.15, 0.2) is 0 Å². The van der Waals surface area contributed by atoms with Gasteiger partial charge in [-0.3, -0.25) is 0 Å². The zero-order valence-corrected chi connectivity index (χ0v) is 10.6. The molecule has 1 unspecified atom stereocenters. The van der Waals surface area contributed by atoms with Crippen LogP contribution in [0.1, 0.15) is 12.6 Å². The van der Waals surface area contributed by atoms with Crippen molar-refractivity contribution in [2.45, 2.75) is 19.4 Å². The van der Waals surface area contributed by atoms with Crippen LogP contribution in [0.2, 0.25) is 0 Å². The number of anilines is 1. The van der Waals surface area contributed by atoms with E-state index in [0.29, 0.717) is 0 Å². The second-order valence-electron chi connectivity index (χ2n) is 4.82. The van der Waals surface area contributed by atoms with Crippen LogP contribution in [-0.2, 0) is 6.42 Å². The minimum absolute atomic E-state index is 0.144. The molecule has 17 heavy (non-hydrogen) atoms. The summed E-state index contributed by atoms with van der Waals surface area (Å²) in [5.41, 5.74) is 6.82. The summed E-state index contributed by atoms with van der Waals surface area (Å²) in [6.07, 6.45) is 2.64. The first-order valence-corrected chi connectivity index (χ1v) is 6.16. The fourth-order valence-electron chi connectivity index (χ4n) is 1.99. The van der Waals surface area contributed by atoms with Crippen LogP contribution in [-0.4, -0.2) is 54.1 Å². The zero-order chi connectivity index (χ0) is 12.3. The lowest BCUT2D eigenvalue weighted by molar-refractivity contribution is 0.311. The molecule has 1 aliphatic heterocycles. The second-order valence-corrected chi connectivity index (χ2v) is 4.82. The minimum atomic E-state index is 0.144. The lowest BCUT2D eigenvalue weighted by Gasteiger charge is -2.32. The van der Waals surface area contributed by atoms with E-state index in [4.69, 9.17) is 5.73 Å². The number of aromatic nitrogens is 2. The van der Waals surface area contributed by atoms with Crippen LogP contribution in [0.3, 0.4) is 0 Å². The number of nitrogens with zero attached hydrogens (tertiary/aromatic N) is 4. The normalized spacial score (nSPS) is 19.4. The Labute approximate surface area is 103 Å². The highest BCUT2D eigenvalue weighted by atomic mass is 15.3. The molecule has 94 valence electrons. The summed E-state index contributed by atoms with van der Waals surface area (Å²) in [5, 5.41) is 0. The Kier molecular flexibility index (Phi) is 3.91. The van der Waals surface area contributed by atoms with E-state index in [9.17, 15) is 0 Å². The van der Waals surface area contributed by atoms with Gasteiger partial charge in [0.1, 0.15) is 0 Å². The molecule has 1 aromatic heterocycles. The number of piperazine rings is 1. The predicted octanol–water partition coefficient (Wildman–Crippen LogP) is 0.118. The predicted molar refractivity (Wildman–Crippen MR) is 69.1 cm³/mol. The Morgan fingerprint density at radius 3 is 2.71 bits per heavy atom. The maximum absolute atomic E-state index is 5.79. The van der Waals surface area contributed by atoms with Crippen molar-refractivity contribution in [3.63, 3.8) is 0 Å². The standard InChI is InChI=1S/C12H21N5/c1-10(13)9-11-3-4-14-12(15-11)17-7-5-16(2)6-8-17/h3-4,10H,5-9,13H2,1-2H3. The average Bonchev–Trinajstić information content (AvgIpc) is 2.29. The van der Waals surface area contributed by atoms with E-state index < -0.39 is 0 Å². The van der Waals surface area contributed by atoms with Crippen molar-refractivity contribution in [2.24, 2.45) is 5.73 Å². The van der Waals surface area contributed by atoms with Crippen molar-refractivity contribution in [3.05, 3.63) is 18.0 Å². The molecule has 0 amide bonds. The number of hydrogen-bond acceptors (Lipinski definition) is 5. The third-order valence-corrected chi connectivity index (χ3v) is 3.02. The fraction of sp³-hybridized carbons (Fsp3) is 0.667. The molecule has 5 heteroatoms. The first-order chi connectivity index (χ1) is 8.15. The van der Waals surface area contributed by atoms with Gasteiger partial charge in [-0.1, -0.05) is 0 Å². The van der Waals surface area contributed by atoms with Crippen molar-refractivity contribution < 1.29 is 0 Å². The first kappa shape index (κ1) is 12.3. The molecular weight excluding hydrogens is 214 g/mol. The van der Waals surface area contributed by atoms with Gasteiger partial charge >= 0.3 is 0 Å². The topological polar surface area (TPSA) is 58.3 Å². The Balaban J connectivity index is 2.05. The summed E-state index contributed by atoms with van der Waals surface area (Å²) < 4.78 is 0. The molecule has 0 bridgehead atoms. The van der Waals surface area contributed by atoms with E-state index in [2.05, 4.69) is 26.8 Å². The smallest absolute Gasteiger partial charge is 0.225 e. The van der Waals surface area contributed by atoms with Crippen molar-refractivity contribution in [1.29, 1.82) is 0 Å². The molecule has 0 aromatic carbocycles. The highest BCUT2D eigenvalue weighted by Crippen LogP contribution is 2.11. The minimum Gasteiger partial charge on any atom is -0.338 e. The summed E-state index contributed by atoms with van der Waals surface area (Å²) >= 11 is 0. The van der Waals surface area contributed by atoms with Crippen molar-refractivity contribution >= 4 is 5.95 Å². The van der Waals surface area contributed by atoms with Crippen LogP contribution in [0.5, 0.6) is 0 Å². The zero-order valence-electron chi connectivity index (χ0n) is 10.6. The van der Waals surface area contributed by atoms with Crippen LogP contribution in [0.15, 0.2) is 12.3 Å². The second kappa shape index (κ2) is 5.42. The third-order valence-electron chi connectivity index (χ3n) is 3.02. The molecular formula is C12H21N5. The molecule has 1 saturated heterocycles. The van der Waals surface area contributed by atoms with Crippen LogP contribution in [0.4, 0.5) is 5.95 Å². The van der Waals surface area contributed by atoms with Gasteiger partial charge in [0.25, 0.3) is 0 Å². The van der Waals surface area contributed by atoms with Crippen molar-refractivity contribution in [1.82, 2.24) is 14.9 Å². The fourth-order valence-corrected chi connectivity index (χ4v) is 1.99. The largest absolute Gasteiger partial charge is 0.338 e. The van der Waals surface area contributed by atoms with Crippen LogP contribution < -0.4 is 10.6 Å². The van der Waals surface area contributed by atoms with E-state index >= 15 is 0 Å². The maximum atomic E-state index is 5.79. The van der Waals surface area contributed by atoms with E-state index in [-0.39, 0.29) is 6.04 Å². The van der Waals surface area contributed by atoms with Gasteiger partial charge in [-0.05, 0) is 20.0 Å². The van der Waals surface area contributed by atoms with Crippen LogP contribution in [0.25, 0.3) is 0 Å². The van der Waals surface area contributed by atoms with Gasteiger partial charge in [0.05, 0.1) is 0 Å². The highest BCUT2D eigenvalue weighted by molar-refractivity contribution is 5.31. The number of nitrogens with two attached hydrogens (primary N) is 1. The Hall–Kier alpha value is -1.20. The summed E-state index contributed by atoms with van der Waals surface area (Å²) in [7, 11) is 2.14. The van der Waals surface area contributed by atoms with Gasteiger partial charge in [0, 0.05) is 50.5 Å². The molecule has 1 aromatic rings. The number of rotatable bonds is 3. The van der Waals surface area contributed by atoms with Crippen molar-refractivity contribution in [2.75, 3.05) is 38.1 Å². The van der Waals surface area contributed by atoms with E-state index in [0.717, 1.165) is 44.2 Å². The monoisotopic (exact) mass is 235 g/mol. The number of hydrogen-bond donors (Lipinski definition) is 1. The molecule has 2 N–H and O–H groups in total. The van der Waals surface area contributed by atoms with Gasteiger partial charge < -0.3 is 15.5 Å². The lowest BCUT2D eigenvalue weighted by atomic mass is 10.2. The SMILES string of the molecule is CC(N)Cc1ccnc(N2CCN(C)CC2)n1. The molecule has 0 radical (unpaired) electrons. The first-order valence-electron chi connectivity index (χ1n) is 6.16.